The van der Waals surface area contributed by atoms with Gasteiger partial charge in [-0.3, -0.25) is 4.79 Å². The van der Waals surface area contributed by atoms with Gasteiger partial charge in [-0.25, -0.2) is 0 Å². The number of halogens is 3. The number of alkyl halides is 3. The van der Waals surface area contributed by atoms with Crippen LogP contribution in [0.15, 0.2) is 18.2 Å². The van der Waals surface area contributed by atoms with Crippen molar-refractivity contribution in [3.05, 3.63) is 29.3 Å². The quantitative estimate of drug-likeness (QED) is 0.809. The first kappa shape index (κ1) is 15.3. The third kappa shape index (κ3) is 5.19. The van der Waals surface area contributed by atoms with Crippen LogP contribution in [-0.4, -0.2) is 17.7 Å². The number of rotatable bonds is 6. The standard InChI is InChI=1S/C13H15F3O3/c1-2-9-6-10(13(14,15)16)8-11(7-9)19-5-3-4-12(17)18/h6-8H,2-5H2,1H3,(H,17,18). The Hall–Kier alpha value is -1.72. The van der Waals surface area contributed by atoms with Crippen molar-refractivity contribution in [2.45, 2.75) is 32.4 Å². The number of aryl methyl sites for hydroxylation is 1. The molecule has 1 aromatic rings. The summed E-state index contributed by atoms with van der Waals surface area (Å²) in [7, 11) is 0. The van der Waals surface area contributed by atoms with Crippen LogP contribution in [0.3, 0.4) is 0 Å². The van der Waals surface area contributed by atoms with Crippen LogP contribution in [-0.2, 0) is 17.4 Å². The molecule has 0 aromatic heterocycles. The van der Waals surface area contributed by atoms with Gasteiger partial charge >= 0.3 is 12.1 Å². The number of ether oxygens (including phenoxy) is 1. The topological polar surface area (TPSA) is 46.5 Å². The van der Waals surface area contributed by atoms with Crippen LogP contribution >= 0.6 is 0 Å². The highest BCUT2D eigenvalue weighted by Gasteiger charge is 2.31. The maximum atomic E-state index is 12.6. The van der Waals surface area contributed by atoms with E-state index in [1.54, 1.807) is 6.92 Å². The molecule has 6 heteroatoms. The van der Waals surface area contributed by atoms with E-state index in [9.17, 15) is 18.0 Å². The number of aliphatic carboxylic acids is 1. The van der Waals surface area contributed by atoms with Crippen molar-refractivity contribution in [3.8, 4) is 5.75 Å². The monoisotopic (exact) mass is 276 g/mol. The Morgan fingerprint density at radius 1 is 1.32 bits per heavy atom. The normalized spacial score (nSPS) is 11.4. The summed E-state index contributed by atoms with van der Waals surface area (Å²) in [5.41, 5.74) is -0.219. The predicted octanol–water partition coefficient (Wildman–Crippen LogP) is 3.51. The van der Waals surface area contributed by atoms with Gasteiger partial charge < -0.3 is 9.84 Å². The molecule has 106 valence electrons. The molecule has 0 aliphatic rings. The Bertz CT molecular complexity index is 441. The minimum atomic E-state index is -4.41. The Balaban J connectivity index is 2.74. The van der Waals surface area contributed by atoms with E-state index in [1.165, 1.54) is 6.07 Å². The number of carbonyl (C=O) groups is 1. The lowest BCUT2D eigenvalue weighted by Gasteiger charge is -2.12. The second kappa shape index (κ2) is 6.45. The van der Waals surface area contributed by atoms with Gasteiger partial charge in [-0.05, 0) is 36.6 Å². The molecule has 0 bridgehead atoms. The lowest BCUT2D eigenvalue weighted by molar-refractivity contribution is -0.138. The van der Waals surface area contributed by atoms with E-state index in [-0.39, 0.29) is 25.2 Å². The molecule has 0 amide bonds. The molecule has 0 fully saturated rings. The Morgan fingerprint density at radius 2 is 2.00 bits per heavy atom. The highest BCUT2D eigenvalue weighted by Crippen LogP contribution is 2.32. The lowest BCUT2D eigenvalue weighted by atomic mass is 10.1. The van der Waals surface area contributed by atoms with E-state index < -0.39 is 17.7 Å². The fourth-order valence-corrected chi connectivity index (χ4v) is 1.53. The van der Waals surface area contributed by atoms with Gasteiger partial charge in [-0.1, -0.05) is 6.92 Å². The van der Waals surface area contributed by atoms with Gasteiger partial charge in [0, 0.05) is 6.42 Å². The fraction of sp³-hybridized carbons (Fsp3) is 0.462. The summed E-state index contributed by atoms with van der Waals surface area (Å²) in [5.74, 6) is -0.834. The number of carboxylic acid groups (broad SMARTS) is 1. The maximum absolute atomic E-state index is 12.6. The SMILES string of the molecule is CCc1cc(OCCCC(=O)O)cc(C(F)(F)F)c1. The Morgan fingerprint density at radius 3 is 2.53 bits per heavy atom. The minimum Gasteiger partial charge on any atom is -0.494 e. The van der Waals surface area contributed by atoms with Crippen LogP contribution in [0.5, 0.6) is 5.75 Å². The summed E-state index contributed by atoms with van der Waals surface area (Å²) in [6.07, 6.45) is -3.76. The van der Waals surface area contributed by atoms with Gasteiger partial charge in [0.05, 0.1) is 12.2 Å². The van der Waals surface area contributed by atoms with Crippen LogP contribution in [0.4, 0.5) is 13.2 Å². The third-order valence-corrected chi connectivity index (χ3v) is 2.51. The van der Waals surface area contributed by atoms with E-state index in [0.717, 1.165) is 12.1 Å². The average molecular weight is 276 g/mol. The van der Waals surface area contributed by atoms with Crippen LogP contribution < -0.4 is 4.74 Å². The Kier molecular flexibility index (Phi) is 5.20. The number of hydrogen-bond acceptors (Lipinski definition) is 2. The molecule has 0 spiro atoms. The number of hydrogen-bond donors (Lipinski definition) is 1. The number of benzene rings is 1. The van der Waals surface area contributed by atoms with E-state index in [4.69, 9.17) is 9.84 Å². The van der Waals surface area contributed by atoms with E-state index in [2.05, 4.69) is 0 Å². The van der Waals surface area contributed by atoms with Gasteiger partial charge in [-0.15, -0.1) is 0 Å². The molecular weight excluding hydrogens is 261 g/mol. The predicted molar refractivity (Wildman–Crippen MR) is 63.2 cm³/mol. The molecule has 0 unspecified atom stereocenters. The summed E-state index contributed by atoms with van der Waals surface area (Å²) in [5, 5.41) is 8.44. The van der Waals surface area contributed by atoms with Gasteiger partial charge in [0.1, 0.15) is 5.75 Å². The van der Waals surface area contributed by atoms with Crippen molar-refractivity contribution in [2.75, 3.05) is 6.61 Å². The van der Waals surface area contributed by atoms with Crippen molar-refractivity contribution in [2.24, 2.45) is 0 Å². The van der Waals surface area contributed by atoms with Crippen molar-refractivity contribution >= 4 is 5.97 Å². The largest absolute Gasteiger partial charge is 0.494 e. The zero-order valence-electron chi connectivity index (χ0n) is 10.5. The highest BCUT2D eigenvalue weighted by molar-refractivity contribution is 5.66. The van der Waals surface area contributed by atoms with Gasteiger partial charge in [0.25, 0.3) is 0 Å². The van der Waals surface area contributed by atoms with Gasteiger partial charge in [-0.2, -0.15) is 13.2 Å². The first-order valence-electron chi connectivity index (χ1n) is 5.88. The Labute approximate surface area is 109 Å². The second-order valence-electron chi connectivity index (χ2n) is 4.06. The molecule has 3 nitrogen and oxygen atoms in total. The number of carboxylic acids is 1. The maximum Gasteiger partial charge on any atom is 0.416 e. The summed E-state index contributed by atoms with van der Waals surface area (Å²) in [4.78, 5) is 10.3. The molecular formula is C13H15F3O3. The van der Waals surface area contributed by atoms with E-state index in [1.807, 2.05) is 0 Å². The van der Waals surface area contributed by atoms with Gasteiger partial charge in [0.2, 0.25) is 0 Å². The molecule has 0 atom stereocenters. The van der Waals surface area contributed by atoms with Gasteiger partial charge in [0.15, 0.2) is 0 Å². The van der Waals surface area contributed by atoms with Crippen LogP contribution in [0.25, 0.3) is 0 Å². The first-order chi connectivity index (χ1) is 8.82. The molecule has 1 N–H and O–H groups in total. The second-order valence-corrected chi connectivity index (χ2v) is 4.06. The zero-order chi connectivity index (χ0) is 14.5. The molecule has 0 saturated carbocycles. The van der Waals surface area contributed by atoms with Crippen LogP contribution in [0.2, 0.25) is 0 Å². The molecule has 0 heterocycles. The van der Waals surface area contributed by atoms with E-state index in [0.29, 0.717) is 12.0 Å². The molecule has 0 radical (unpaired) electrons. The lowest BCUT2D eigenvalue weighted by Crippen LogP contribution is -2.07. The summed E-state index contributed by atoms with van der Waals surface area (Å²) < 4.78 is 43.1. The van der Waals surface area contributed by atoms with E-state index >= 15 is 0 Å². The molecule has 1 aromatic carbocycles. The summed E-state index contributed by atoms with van der Waals surface area (Å²) in [6, 6.07) is 3.56. The fourth-order valence-electron chi connectivity index (χ4n) is 1.53. The van der Waals surface area contributed by atoms with Crippen LogP contribution in [0.1, 0.15) is 30.9 Å². The van der Waals surface area contributed by atoms with Crippen molar-refractivity contribution in [3.63, 3.8) is 0 Å². The van der Waals surface area contributed by atoms with Crippen molar-refractivity contribution < 1.29 is 27.8 Å². The van der Waals surface area contributed by atoms with Crippen molar-refractivity contribution in [1.82, 2.24) is 0 Å². The summed E-state index contributed by atoms with van der Waals surface area (Å²) in [6.45, 7) is 1.83. The summed E-state index contributed by atoms with van der Waals surface area (Å²) >= 11 is 0. The molecule has 0 aliphatic heterocycles. The third-order valence-electron chi connectivity index (χ3n) is 2.51. The smallest absolute Gasteiger partial charge is 0.416 e. The van der Waals surface area contributed by atoms with Crippen LogP contribution in [0, 0.1) is 0 Å². The molecule has 19 heavy (non-hydrogen) atoms. The molecule has 0 saturated heterocycles. The molecule has 1 rings (SSSR count). The minimum absolute atomic E-state index is 0.0698. The van der Waals surface area contributed by atoms with Crippen molar-refractivity contribution in [1.29, 1.82) is 0 Å². The zero-order valence-corrected chi connectivity index (χ0v) is 10.5. The first-order valence-corrected chi connectivity index (χ1v) is 5.88. The average Bonchev–Trinajstić information content (AvgIpc) is 2.33. The molecule has 0 aliphatic carbocycles. The highest BCUT2D eigenvalue weighted by atomic mass is 19.4.